The Bertz CT molecular complexity index is 599. The Morgan fingerprint density at radius 2 is 1.78 bits per heavy atom. The number of hydrogen-bond acceptors (Lipinski definition) is 2. The molecule has 2 nitrogen and oxygen atoms in total. The van der Waals surface area contributed by atoms with Crippen molar-refractivity contribution in [3.8, 4) is 0 Å². The van der Waals surface area contributed by atoms with Crippen molar-refractivity contribution in [3.63, 3.8) is 0 Å². The minimum Gasteiger partial charge on any atom is -0.478 e. The molecule has 0 aliphatic rings. The zero-order valence-electron chi connectivity index (χ0n) is 9.06. The van der Waals surface area contributed by atoms with Gasteiger partial charge >= 0.3 is 5.97 Å². The second-order valence-electron chi connectivity index (χ2n) is 3.48. The van der Waals surface area contributed by atoms with E-state index < -0.39 is 5.97 Å². The number of carbonyl (C=O) groups is 1. The number of carboxylic acid groups (broad SMARTS) is 1. The fraction of sp³-hybridized carbons (Fsp3) is 0. The van der Waals surface area contributed by atoms with Crippen molar-refractivity contribution >= 4 is 49.6 Å². The van der Waals surface area contributed by atoms with Crippen LogP contribution in [0.2, 0.25) is 0 Å². The molecule has 0 unspecified atom stereocenters. The van der Waals surface area contributed by atoms with Crippen LogP contribution in [0.5, 0.6) is 0 Å². The zero-order valence-corrected chi connectivity index (χ0v) is 13.0. The van der Waals surface area contributed by atoms with Gasteiger partial charge in [-0.3, -0.25) is 0 Å². The molecule has 0 aromatic heterocycles. The van der Waals surface area contributed by atoms with Crippen LogP contribution in [0.15, 0.2) is 61.2 Å². The normalized spacial score (nSPS) is 10.3. The molecule has 0 radical (unpaired) electrons. The Morgan fingerprint density at radius 3 is 2.39 bits per heavy atom. The molecular weight excluding hydrogens is 380 g/mol. The van der Waals surface area contributed by atoms with Crippen molar-refractivity contribution in [2.45, 2.75) is 9.79 Å². The molecule has 0 atom stereocenters. The summed E-state index contributed by atoms with van der Waals surface area (Å²) in [5.41, 5.74) is 0.270. The van der Waals surface area contributed by atoms with Crippen LogP contribution in [0.4, 0.5) is 0 Å². The van der Waals surface area contributed by atoms with Gasteiger partial charge in [-0.2, -0.15) is 0 Å². The Kier molecular flexibility index (Phi) is 4.48. The van der Waals surface area contributed by atoms with Crippen LogP contribution in [-0.4, -0.2) is 11.1 Å². The zero-order chi connectivity index (χ0) is 13.1. The van der Waals surface area contributed by atoms with E-state index >= 15 is 0 Å². The Labute approximate surface area is 126 Å². The van der Waals surface area contributed by atoms with Gasteiger partial charge in [-0.1, -0.05) is 23.9 Å². The molecule has 0 bridgehead atoms. The second kappa shape index (κ2) is 5.91. The summed E-state index contributed by atoms with van der Waals surface area (Å²) in [6.07, 6.45) is 0. The summed E-state index contributed by atoms with van der Waals surface area (Å²) in [7, 11) is 0. The van der Waals surface area contributed by atoms with Gasteiger partial charge in [0.25, 0.3) is 0 Å². The molecule has 18 heavy (non-hydrogen) atoms. The van der Waals surface area contributed by atoms with Crippen molar-refractivity contribution < 1.29 is 9.90 Å². The monoisotopic (exact) mass is 386 g/mol. The molecule has 0 fully saturated rings. The van der Waals surface area contributed by atoms with Gasteiger partial charge in [-0.15, -0.1) is 0 Å². The summed E-state index contributed by atoms with van der Waals surface area (Å²) in [5.74, 6) is -0.931. The first kappa shape index (κ1) is 13.6. The molecule has 0 heterocycles. The Morgan fingerprint density at radius 1 is 1.06 bits per heavy atom. The molecule has 1 N–H and O–H groups in total. The second-order valence-corrected chi connectivity index (χ2v) is 6.30. The molecule has 2 rings (SSSR count). The highest BCUT2D eigenvalue weighted by atomic mass is 79.9. The van der Waals surface area contributed by atoms with E-state index in [-0.39, 0.29) is 5.56 Å². The molecule has 0 amide bonds. The van der Waals surface area contributed by atoms with Crippen molar-refractivity contribution in [2.24, 2.45) is 0 Å². The fourth-order valence-electron chi connectivity index (χ4n) is 1.39. The number of benzene rings is 2. The van der Waals surface area contributed by atoms with Gasteiger partial charge in [0.2, 0.25) is 0 Å². The maximum atomic E-state index is 10.9. The van der Waals surface area contributed by atoms with Gasteiger partial charge in [0.05, 0.1) is 5.56 Å². The van der Waals surface area contributed by atoms with Crippen LogP contribution < -0.4 is 0 Å². The molecule has 0 saturated heterocycles. The standard InChI is InChI=1S/C13H8Br2O2S/c14-10-3-1-2-4-12(10)18-8-5-6-9(13(16)17)11(15)7-8/h1-7H,(H,16,17). The lowest BCUT2D eigenvalue weighted by Crippen LogP contribution is -1.97. The summed E-state index contributed by atoms with van der Waals surface area (Å²) >= 11 is 8.34. The third-order valence-corrected chi connectivity index (χ3v) is 4.91. The predicted molar refractivity (Wildman–Crippen MR) is 79.4 cm³/mol. The predicted octanol–water partition coefficient (Wildman–Crippen LogP) is 5.06. The van der Waals surface area contributed by atoms with E-state index in [0.717, 1.165) is 14.3 Å². The van der Waals surface area contributed by atoms with E-state index in [1.54, 1.807) is 23.9 Å². The largest absolute Gasteiger partial charge is 0.478 e. The van der Waals surface area contributed by atoms with Crippen LogP contribution in [0, 0.1) is 0 Å². The van der Waals surface area contributed by atoms with Crippen LogP contribution in [0.1, 0.15) is 10.4 Å². The van der Waals surface area contributed by atoms with Crippen molar-refractivity contribution in [1.82, 2.24) is 0 Å². The average Bonchev–Trinajstić information content (AvgIpc) is 2.32. The summed E-state index contributed by atoms with van der Waals surface area (Å²) in [5, 5.41) is 8.95. The average molecular weight is 388 g/mol. The molecule has 92 valence electrons. The molecule has 0 aliphatic heterocycles. The molecule has 5 heteroatoms. The van der Waals surface area contributed by atoms with E-state index in [9.17, 15) is 4.79 Å². The van der Waals surface area contributed by atoms with Gasteiger partial charge < -0.3 is 5.11 Å². The number of hydrogen-bond donors (Lipinski definition) is 1. The van der Waals surface area contributed by atoms with Crippen molar-refractivity contribution in [1.29, 1.82) is 0 Å². The van der Waals surface area contributed by atoms with Crippen LogP contribution in [-0.2, 0) is 0 Å². The van der Waals surface area contributed by atoms with Gasteiger partial charge in [0.1, 0.15) is 0 Å². The third-order valence-electron chi connectivity index (χ3n) is 2.24. The van der Waals surface area contributed by atoms with E-state index in [4.69, 9.17) is 5.11 Å². The molecular formula is C13H8Br2O2S. The van der Waals surface area contributed by atoms with Gasteiger partial charge in [-0.25, -0.2) is 4.79 Å². The molecule has 2 aromatic rings. The quantitative estimate of drug-likeness (QED) is 0.799. The first-order valence-electron chi connectivity index (χ1n) is 5.03. The minimum absolute atomic E-state index is 0.270. The summed E-state index contributed by atoms with van der Waals surface area (Å²) < 4.78 is 1.61. The molecule has 0 aliphatic carbocycles. The van der Waals surface area contributed by atoms with Crippen LogP contribution >= 0.6 is 43.6 Å². The highest BCUT2D eigenvalue weighted by molar-refractivity contribution is 9.10. The van der Waals surface area contributed by atoms with Crippen LogP contribution in [0.3, 0.4) is 0 Å². The first-order valence-corrected chi connectivity index (χ1v) is 7.43. The number of aromatic carboxylic acids is 1. The van der Waals surface area contributed by atoms with E-state index in [1.807, 2.05) is 30.3 Å². The highest BCUT2D eigenvalue weighted by Gasteiger charge is 2.09. The van der Waals surface area contributed by atoms with E-state index in [1.165, 1.54) is 0 Å². The SMILES string of the molecule is O=C(O)c1ccc(Sc2ccccc2Br)cc1Br. The molecule has 2 aromatic carbocycles. The lowest BCUT2D eigenvalue weighted by Gasteiger charge is -2.06. The van der Waals surface area contributed by atoms with Crippen LogP contribution in [0.25, 0.3) is 0 Å². The summed E-state index contributed by atoms with van der Waals surface area (Å²) in [6.45, 7) is 0. The lowest BCUT2D eigenvalue weighted by molar-refractivity contribution is 0.0696. The van der Waals surface area contributed by atoms with Gasteiger partial charge in [0.15, 0.2) is 0 Å². The van der Waals surface area contributed by atoms with Gasteiger partial charge in [-0.05, 0) is 62.2 Å². The minimum atomic E-state index is -0.931. The summed E-state index contributed by atoms with van der Waals surface area (Å²) in [6, 6.07) is 13.1. The smallest absolute Gasteiger partial charge is 0.336 e. The van der Waals surface area contributed by atoms with E-state index in [0.29, 0.717) is 4.47 Å². The summed E-state index contributed by atoms with van der Waals surface area (Å²) in [4.78, 5) is 13.0. The topological polar surface area (TPSA) is 37.3 Å². The van der Waals surface area contributed by atoms with Crippen molar-refractivity contribution in [2.75, 3.05) is 0 Å². The third kappa shape index (κ3) is 3.16. The number of carboxylic acids is 1. The lowest BCUT2D eigenvalue weighted by atomic mass is 10.2. The number of halogens is 2. The maximum absolute atomic E-state index is 10.9. The fourth-order valence-corrected chi connectivity index (χ4v) is 3.49. The first-order chi connectivity index (χ1) is 8.58. The Balaban J connectivity index is 2.29. The highest BCUT2D eigenvalue weighted by Crippen LogP contribution is 2.35. The van der Waals surface area contributed by atoms with E-state index in [2.05, 4.69) is 31.9 Å². The molecule has 0 saturated carbocycles. The number of rotatable bonds is 3. The van der Waals surface area contributed by atoms with Gasteiger partial charge in [0, 0.05) is 18.7 Å². The maximum Gasteiger partial charge on any atom is 0.336 e. The Hall–Kier alpha value is -0.780. The molecule has 0 spiro atoms. The van der Waals surface area contributed by atoms with Crippen molar-refractivity contribution in [3.05, 3.63) is 57.0 Å².